The molecule has 3 aromatic rings. The van der Waals surface area contributed by atoms with Gasteiger partial charge in [-0.2, -0.15) is 0 Å². The first-order valence-electron chi connectivity index (χ1n) is 8.21. The van der Waals surface area contributed by atoms with Gasteiger partial charge in [-0.1, -0.05) is 48.5 Å². The van der Waals surface area contributed by atoms with Crippen molar-refractivity contribution in [1.29, 1.82) is 0 Å². The van der Waals surface area contributed by atoms with E-state index in [1.807, 2.05) is 12.1 Å². The predicted octanol–water partition coefficient (Wildman–Crippen LogP) is 4.49. The largest absolute Gasteiger partial charge is 0.376 e. The Hall–Kier alpha value is -2.39. The third-order valence-corrected chi connectivity index (χ3v) is 4.34. The molecule has 0 bridgehead atoms. The van der Waals surface area contributed by atoms with Crippen molar-refractivity contribution in [2.45, 2.75) is 18.9 Å². The van der Waals surface area contributed by atoms with E-state index in [4.69, 9.17) is 9.72 Å². The molecule has 1 saturated heterocycles. The lowest BCUT2D eigenvalue weighted by molar-refractivity contribution is 0.120. The summed E-state index contributed by atoms with van der Waals surface area (Å²) in [6.07, 6.45) is 2.60. The molecular weight excluding hydrogens is 284 g/mol. The summed E-state index contributed by atoms with van der Waals surface area (Å²) in [7, 11) is 0. The van der Waals surface area contributed by atoms with Crippen molar-refractivity contribution >= 4 is 16.7 Å². The van der Waals surface area contributed by atoms with Gasteiger partial charge in [0.25, 0.3) is 0 Å². The fourth-order valence-electron chi connectivity index (χ4n) is 3.15. The number of rotatable bonds is 4. The van der Waals surface area contributed by atoms with Crippen molar-refractivity contribution in [3.8, 4) is 11.1 Å². The highest BCUT2D eigenvalue weighted by Gasteiger charge is 2.15. The Morgan fingerprint density at radius 3 is 2.70 bits per heavy atom. The zero-order valence-electron chi connectivity index (χ0n) is 13.0. The molecule has 0 unspecified atom stereocenters. The summed E-state index contributed by atoms with van der Waals surface area (Å²) in [6.45, 7) is 1.70. The van der Waals surface area contributed by atoms with Crippen molar-refractivity contribution in [3.63, 3.8) is 0 Å². The molecule has 0 aliphatic carbocycles. The van der Waals surface area contributed by atoms with Crippen molar-refractivity contribution in [3.05, 3.63) is 60.7 Å². The molecule has 116 valence electrons. The second kappa shape index (κ2) is 6.39. The minimum atomic E-state index is 0.309. The highest BCUT2D eigenvalue weighted by molar-refractivity contribution is 5.96. The van der Waals surface area contributed by atoms with Crippen LogP contribution in [0.2, 0.25) is 0 Å². The normalized spacial score (nSPS) is 17.5. The minimum absolute atomic E-state index is 0.309. The lowest BCUT2D eigenvalue weighted by Gasteiger charge is -2.14. The van der Waals surface area contributed by atoms with Crippen LogP contribution < -0.4 is 5.32 Å². The molecule has 3 nitrogen and oxygen atoms in total. The van der Waals surface area contributed by atoms with Crippen LogP contribution in [0.15, 0.2) is 60.7 Å². The molecule has 0 saturated carbocycles. The van der Waals surface area contributed by atoms with Crippen molar-refractivity contribution < 1.29 is 4.74 Å². The van der Waals surface area contributed by atoms with Crippen LogP contribution in [0.1, 0.15) is 12.8 Å². The number of hydrogen-bond acceptors (Lipinski definition) is 3. The minimum Gasteiger partial charge on any atom is -0.376 e. The molecule has 2 aromatic carbocycles. The number of hydrogen-bond donors (Lipinski definition) is 1. The van der Waals surface area contributed by atoms with Crippen molar-refractivity contribution in [2.75, 3.05) is 18.5 Å². The van der Waals surface area contributed by atoms with E-state index < -0.39 is 0 Å². The molecular formula is C20H20N2O. The summed E-state index contributed by atoms with van der Waals surface area (Å²) in [6, 6.07) is 20.9. The molecule has 1 aliphatic rings. The SMILES string of the molecule is c1ccc(-c2cc(NC[C@@H]3CCCO3)nc3ccccc23)cc1. The highest BCUT2D eigenvalue weighted by Crippen LogP contribution is 2.30. The Balaban J connectivity index is 1.71. The Kier molecular flexibility index (Phi) is 3.95. The molecule has 1 aromatic heterocycles. The van der Waals surface area contributed by atoms with Gasteiger partial charge in [-0.3, -0.25) is 0 Å². The number of anilines is 1. The van der Waals surface area contributed by atoms with Gasteiger partial charge in [0.15, 0.2) is 0 Å². The van der Waals surface area contributed by atoms with E-state index in [0.29, 0.717) is 6.10 Å². The molecule has 2 heterocycles. The average molecular weight is 304 g/mol. The summed E-state index contributed by atoms with van der Waals surface area (Å²) in [5, 5.41) is 4.63. The number of nitrogens with one attached hydrogen (secondary N) is 1. The molecule has 23 heavy (non-hydrogen) atoms. The first-order chi connectivity index (χ1) is 11.4. The highest BCUT2D eigenvalue weighted by atomic mass is 16.5. The number of fused-ring (bicyclic) bond motifs is 1. The van der Waals surface area contributed by atoms with Crippen LogP contribution in [0.4, 0.5) is 5.82 Å². The molecule has 1 fully saturated rings. The maximum absolute atomic E-state index is 5.69. The van der Waals surface area contributed by atoms with E-state index in [9.17, 15) is 0 Å². The fourth-order valence-corrected chi connectivity index (χ4v) is 3.15. The van der Waals surface area contributed by atoms with Gasteiger partial charge in [0.2, 0.25) is 0 Å². The predicted molar refractivity (Wildman–Crippen MR) is 94.6 cm³/mol. The van der Waals surface area contributed by atoms with E-state index in [2.05, 4.69) is 53.8 Å². The Morgan fingerprint density at radius 2 is 1.87 bits per heavy atom. The number of para-hydroxylation sites is 1. The van der Waals surface area contributed by atoms with Crippen LogP contribution in [-0.2, 0) is 4.74 Å². The van der Waals surface area contributed by atoms with Gasteiger partial charge in [-0.05, 0) is 36.1 Å². The standard InChI is InChI=1S/C20H20N2O/c1-2-7-15(8-3-1)18-13-20(21-14-16-9-6-12-23-16)22-19-11-5-4-10-17(18)19/h1-5,7-8,10-11,13,16H,6,9,12,14H2,(H,21,22)/t16-/m0/s1. The lowest BCUT2D eigenvalue weighted by atomic mass is 10.0. The number of aromatic nitrogens is 1. The van der Waals surface area contributed by atoms with Crippen LogP contribution >= 0.6 is 0 Å². The summed E-state index contributed by atoms with van der Waals surface area (Å²) in [5.41, 5.74) is 3.45. The van der Waals surface area contributed by atoms with Gasteiger partial charge in [0.05, 0.1) is 11.6 Å². The molecule has 1 N–H and O–H groups in total. The van der Waals surface area contributed by atoms with Crippen LogP contribution in [0.5, 0.6) is 0 Å². The van der Waals surface area contributed by atoms with Gasteiger partial charge in [0.1, 0.15) is 5.82 Å². The smallest absolute Gasteiger partial charge is 0.127 e. The second-order valence-electron chi connectivity index (χ2n) is 5.95. The maximum Gasteiger partial charge on any atom is 0.127 e. The van der Waals surface area contributed by atoms with Crippen molar-refractivity contribution in [2.24, 2.45) is 0 Å². The zero-order chi connectivity index (χ0) is 15.5. The van der Waals surface area contributed by atoms with Crippen LogP contribution in [0, 0.1) is 0 Å². The van der Waals surface area contributed by atoms with Crippen LogP contribution in [-0.4, -0.2) is 24.2 Å². The maximum atomic E-state index is 5.69. The average Bonchev–Trinajstić information content (AvgIpc) is 3.13. The van der Waals surface area contributed by atoms with Gasteiger partial charge in [-0.15, -0.1) is 0 Å². The van der Waals surface area contributed by atoms with Crippen LogP contribution in [0.25, 0.3) is 22.0 Å². The molecule has 0 radical (unpaired) electrons. The first kappa shape index (κ1) is 14.2. The summed E-state index contributed by atoms with van der Waals surface area (Å²) < 4.78 is 5.69. The molecule has 1 atom stereocenters. The lowest BCUT2D eigenvalue weighted by Crippen LogP contribution is -2.18. The van der Waals surface area contributed by atoms with Crippen LogP contribution in [0.3, 0.4) is 0 Å². The molecule has 1 aliphatic heterocycles. The van der Waals surface area contributed by atoms with Gasteiger partial charge < -0.3 is 10.1 Å². The van der Waals surface area contributed by atoms with Gasteiger partial charge in [0, 0.05) is 18.5 Å². The third-order valence-electron chi connectivity index (χ3n) is 4.34. The van der Waals surface area contributed by atoms with E-state index in [0.717, 1.165) is 37.3 Å². The molecule has 3 heteroatoms. The van der Waals surface area contributed by atoms with E-state index in [1.54, 1.807) is 0 Å². The summed E-state index contributed by atoms with van der Waals surface area (Å²) in [4.78, 5) is 4.76. The fraction of sp³-hybridized carbons (Fsp3) is 0.250. The van der Waals surface area contributed by atoms with E-state index in [1.165, 1.54) is 16.5 Å². The quantitative estimate of drug-likeness (QED) is 0.771. The topological polar surface area (TPSA) is 34.1 Å². The van der Waals surface area contributed by atoms with Gasteiger partial charge >= 0.3 is 0 Å². The number of nitrogens with zero attached hydrogens (tertiary/aromatic N) is 1. The monoisotopic (exact) mass is 304 g/mol. The van der Waals surface area contributed by atoms with Gasteiger partial charge in [-0.25, -0.2) is 4.98 Å². The third kappa shape index (κ3) is 3.06. The second-order valence-corrected chi connectivity index (χ2v) is 5.95. The Bertz CT molecular complexity index is 795. The summed E-state index contributed by atoms with van der Waals surface area (Å²) >= 11 is 0. The zero-order valence-corrected chi connectivity index (χ0v) is 13.0. The first-order valence-corrected chi connectivity index (χ1v) is 8.21. The molecule has 4 rings (SSSR count). The van der Waals surface area contributed by atoms with Crippen molar-refractivity contribution in [1.82, 2.24) is 4.98 Å². The number of pyridine rings is 1. The van der Waals surface area contributed by atoms with E-state index in [-0.39, 0.29) is 0 Å². The number of benzene rings is 2. The molecule has 0 spiro atoms. The molecule has 0 amide bonds. The Labute approximate surface area is 136 Å². The number of ether oxygens (including phenoxy) is 1. The summed E-state index contributed by atoms with van der Waals surface area (Å²) in [5.74, 6) is 0.915. The Morgan fingerprint density at radius 1 is 1.04 bits per heavy atom. The van der Waals surface area contributed by atoms with E-state index >= 15 is 0 Å².